The third kappa shape index (κ3) is 5.01. The van der Waals surface area contributed by atoms with Gasteiger partial charge in [0.05, 0.1) is 5.75 Å². The van der Waals surface area contributed by atoms with Gasteiger partial charge < -0.3 is 4.90 Å². The summed E-state index contributed by atoms with van der Waals surface area (Å²) in [5.74, 6) is 2.46. The van der Waals surface area contributed by atoms with Crippen molar-refractivity contribution in [3.8, 4) is 0 Å². The van der Waals surface area contributed by atoms with Gasteiger partial charge in [-0.15, -0.1) is 23.5 Å². The van der Waals surface area contributed by atoms with Crippen LogP contribution in [0.4, 0.5) is 0 Å². The number of benzene rings is 1. The number of aromatic nitrogens is 1. The van der Waals surface area contributed by atoms with E-state index in [1.165, 1.54) is 4.90 Å². The molecular weight excluding hydrogens is 324 g/mol. The standard InChI is InChI=1S/C18H20N2OS2/c21-18(14-23-17-6-9-19-10-7-17)20-11-8-15(12-20)13-22-16-4-2-1-3-5-16/h1-7,9-10,15H,8,11-14H2/t15-/m0/s1. The van der Waals surface area contributed by atoms with Crippen molar-refractivity contribution < 1.29 is 4.79 Å². The van der Waals surface area contributed by atoms with E-state index >= 15 is 0 Å². The molecule has 1 saturated heterocycles. The van der Waals surface area contributed by atoms with Crippen LogP contribution >= 0.6 is 23.5 Å². The van der Waals surface area contributed by atoms with Gasteiger partial charge >= 0.3 is 0 Å². The van der Waals surface area contributed by atoms with Gasteiger partial charge in [0.1, 0.15) is 0 Å². The maximum absolute atomic E-state index is 12.3. The molecule has 1 aromatic heterocycles. The molecule has 5 heteroatoms. The number of pyridine rings is 1. The van der Waals surface area contributed by atoms with Crippen molar-refractivity contribution in [1.82, 2.24) is 9.88 Å². The molecule has 3 nitrogen and oxygen atoms in total. The van der Waals surface area contributed by atoms with Crippen LogP contribution in [-0.2, 0) is 4.79 Å². The summed E-state index contributed by atoms with van der Waals surface area (Å²) >= 11 is 3.48. The molecule has 1 aromatic carbocycles. The first kappa shape index (κ1) is 16.4. The van der Waals surface area contributed by atoms with Crippen LogP contribution in [0.5, 0.6) is 0 Å². The predicted octanol–water partition coefficient (Wildman–Crippen LogP) is 3.81. The fraction of sp³-hybridized carbons (Fsp3) is 0.333. The topological polar surface area (TPSA) is 33.2 Å². The van der Waals surface area contributed by atoms with E-state index in [-0.39, 0.29) is 5.91 Å². The summed E-state index contributed by atoms with van der Waals surface area (Å²) in [6.45, 7) is 1.80. The van der Waals surface area contributed by atoms with Crippen LogP contribution in [0.2, 0.25) is 0 Å². The molecule has 1 fully saturated rings. The summed E-state index contributed by atoms with van der Waals surface area (Å²) in [5, 5.41) is 0. The van der Waals surface area contributed by atoms with Crippen molar-refractivity contribution in [2.24, 2.45) is 5.92 Å². The van der Waals surface area contributed by atoms with Crippen LogP contribution in [0.25, 0.3) is 0 Å². The van der Waals surface area contributed by atoms with Crippen LogP contribution in [-0.4, -0.2) is 40.4 Å². The van der Waals surface area contributed by atoms with Crippen molar-refractivity contribution in [3.63, 3.8) is 0 Å². The third-order valence-corrected chi connectivity index (χ3v) is 6.12. The Morgan fingerprint density at radius 3 is 2.61 bits per heavy atom. The van der Waals surface area contributed by atoms with E-state index in [1.54, 1.807) is 24.2 Å². The summed E-state index contributed by atoms with van der Waals surface area (Å²) in [6, 6.07) is 14.4. The molecule has 1 aliphatic heterocycles. The van der Waals surface area contributed by atoms with Crippen molar-refractivity contribution in [1.29, 1.82) is 0 Å². The quantitative estimate of drug-likeness (QED) is 0.746. The number of carbonyl (C=O) groups excluding carboxylic acids is 1. The molecule has 0 saturated carbocycles. The van der Waals surface area contributed by atoms with Crippen molar-refractivity contribution in [2.45, 2.75) is 16.2 Å². The highest BCUT2D eigenvalue weighted by Gasteiger charge is 2.26. The second-order valence-electron chi connectivity index (χ2n) is 5.59. The maximum Gasteiger partial charge on any atom is 0.232 e. The zero-order valence-electron chi connectivity index (χ0n) is 12.9. The highest BCUT2D eigenvalue weighted by molar-refractivity contribution is 8.00. The molecule has 1 amide bonds. The van der Waals surface area contributed by atoms with E-state index in [9.17, 15) is 4.79 Å². The molecule has 1 aliphatic rings. The monoisotopic (exact) mass is 344 g/mol. The average Bonchev–Trinajstić information content (AvgIpc) is 3.09. The lowest BCUT2D eigenvalue weighted by atomic mass is 10.2. The Kier molecular flexibility index (Phi) is 6.00. The fourth-order valence-electron chi connectivity index (χ4n) is 2.60. The van der Waals surface area contributed by atoms with Gasteiger partial charge in [-0.1, -0.05) is 18.2 Å². The summed E-state index contributed by atoms with van der Waals surface area (Å²) < 4.78 is 0. The van der Waals surface area contributed by atoms with E-state index < -0.39 is 0 Å². The Morgan fingerprint density at radius 2 is 1.83 bits per heavy atom. The Bertz CT molecular complexity index is 621. The zero-order valence-corrected chi connectivity index (χ0v) is 14.6. The van der Waals surface area contributed by atoms with Crippen molar-refractivity contribution >= 4 is 29.4 Å². The highest BCUT2D eigenvalue weighted by Crippen LogP contribution is 2.26. The van der Waals surface area contributed by atoms with E-state index in [4.69, 9.17) is 0 Å². The minimum absolute atomic E-state index is 0.249. The number of rotatable bonds is 6. The minimum Gasteiger partial charge on any atom is -0.342 e. The van der Waals surface area contributed by atoms with Gasteiger partial charge in [0.25, 0.3) is 0 Å². The largest absolute Gasteiger partial charge is 0.342 e. The molecule has 0 radical (unpaired) electrons. The average molecular weight is 345 g/mol. The first-order valence-corrected chi connectivity index (χ1v) is 9.77. The second kappa shape index (κ2) is 8.41. The van der Waals surface area contributed by atoms with Gasteiger partial charge in [0.15, 0.2) is 0 Å². The fourth-order valence-corrected chi connectivity index (χ4v) is 4.43. The number of amides is 1. The lowest BCUT2D eigenvalue weighted by Crippen LogP contribution is -2.30. The summed E-state index contributed by atoms with van der Waals surface area (Å²) in [4.78, 5) is 20.7. The van der Waals surface area contributed by atoms with E-state index in [0.29, 0.717) is 11.7 Å². The van der Waals surface area contributed by atoms with E-state index in [2.05, 4.69) is 29.2 Å². The summed E-state index contributed by atoms with van der Waals surface area (Å²) in [5.41, 5.74) is 0. The van der Waals surface area contributed by atoms with Crippen LogP contribution in [0.3, 0.4) is 0 Å². The predicted molar refractivity (Wildman–Crippen MR) is 96.8 cm³/mol. The second-order valence-corrected chi connectivity index (χ2v) is 7.73. The molecule has 0 unspecified atom stereocenters. The van der Waals surface area contributed by atoms with Gasteiger partial charge in [-0.2, -0.15) is 0 Å². The normalized spacial score (nSPS) is 17.4. The number of carbonyl (C=O) groups is 1. The van der Waals surface area contributed by atoms with E-state index in [0.717, 1.165) is 30.2 Å². The zero-order chi connectivity index (χ0) is 15.9. The van der Waals surface area contributed by atoms with Gasteiger partial charge in [-0.05, 0) is 36.6 Å². The lowest BCUT2D eigenvalue weighted by molar-refractivity contribution is -0.127. The van der Waals surface area contributed by atoms with Crippen molar-refractivity contribution in [3.05, 3.63) is 54.9 Å². The van der Waals surface area contributed by atoms with Crippen molar-refractivity contribution in [2.75, 3.05) is 24.6 Å². The molecule has 2 aromatic rings. The van der Waals surface area contributed by atoms with Gasteiger partial charge in [0, 0.05) is 41.0 Å². The number of nitrogens with zero attached hydrogens (tertiary/aromatic N) is 2. The SMILES string of the molecule is O=C(CSc1ccncc1)N1CC[C@H](CSc2ccccc2)C1. The Morgan fingerprint density at radius 1 is 1.09 bits per heavy atom. The summed E-state index contributed by atoms with van der Waals surface area (Å²) in [7, 11) is 0. The van der Waals surface area contributed by atoms with Crippen LogP contribution in [0.1, 0.15) is 6.42 Å². The van der Waals surface area contributed by atoms with Gasteiger partial charge in [0.2, 0.25) is 5.91 Å². The first-order valence-electron chi connectivity index (χ1n) is 7.80. The molecule has 23 heavy (non-hydrogen) atoms. The van der Waals surface area contributed by atoms with E-state index in [1.807, 2.05) is 34.9 Å². The van der Waals surface area contributed by atoms with Crippen LogP contribution < -0.4 is 0 Å². The Balaban J connectivity index is 1.41. The molecule has 1 atom stereocenters. The Hall–Kier alpha value is -1.46. The minimum atomic E-state index is 0.249. The van der Waals surface area contributed by atoms with Crippen LogP contribution in [0, 0.1) is 5.92 Å². The maximum atomic E-state index is 12.3. The third-order valence-electron chi connectivity index (χ3n) is 3.88. The molecule has 2 heterocycles. The van der Waals surface area contributed by atoms with Gasteiger partial charge in [-0.3, -0.25) is 9.78 Å². The molecule has 0 N–H and O–H groups in total. The Labute approximate surface area is 145 Å². The lowest BCUT2D eigenvalue weighted by Gasteiger charge is -2.16. The number of hydrogen-bond donors (Lipinski definition) is 0. The molecular formula is C18H20N2OS2. The molecule has 120 valence electrons. The molecule has 3 rings (SSSR count). The number of hydrogen-bond acceptors (Lipinski definition) is 4. The van der Waals surface area contributed by atoms with Gasteiger partial charge in [-0.25, -0.2) is 0 Å². The summed E-state index contributed by atoms with van der Waals surface area (Å²) in [6.07, 6.45) is 4.64. The first-order chi connectivity index (χ1) is 11.3. The highest BCUT2D eigenvalue weighted by atomic mass is 32.2. The van der Waals surface area contributed by atoms with Crippen LogP contribution in [0.15, 0.2) is 64.6 Å². The molecule has 0 bridgehead atoms. The molecule has 0 spiro atoms. The molecule has 0 aliphatic carbocycles. The number of thioether (sulfide) groups is 2. The smallest absolute Gasteiger partial charge is 0.232 e. The number of likely N-dealkylation sites (tertiary alicyclic amines) is 1.